The van der Waals surface area contributed by atoms with Gasteiger partial charge in [0.15, 0.2) is 0 Å². The molecule has 3 N–H and O–H groups in total. The number of aliphatic hydroxyl groups is 1. The first-order valence-corrected chi connectivity index (χ1v) is 6.73. The van der Waals surface area contributed by atoms with Gasteiger partial charge in [-0.25, -0.2) is 0 Å². The molecule has 1 rings (SSSR count). The van der Waals surface area contributed by atoms with Gasteiger partial charge in [0, 0.05) is 25.2 Å². The molecule has 0 fully saturated rings. The molecule has 1 aromatic carbocycles. The van der Waals surface area contributed by atoms with Crippen molar-refractivity contribution in [1.82, 2.24) is 4.90 Å². The molecular weight excluding hydrogens is 224 g/mol. The molecule has 0 bridgehead atoms. The fourth-order valence-electron chi connectivity index (χ4n) is 2.37. The molecule has 0 aromatic heterocycles. The van der Waals surface area contributed by atoms with Gasteiger partial charge in [-0.3, -0.25) is 4.90 Å². The standard InChI is InChI=1S/C15H26N2O/c1-4-14(16)15(17(3)9-6-10-18)13-8-5-7-12(2)11-13/h5,7-8,11,14-15,18H,4,6,9-10,16H2,1-3H3. The second kappa shape index (κ2) is 7.52. The molecule has 0 saturated carbocycles. The maximum absolute atomic E-state index is 8.95. The normalized spacial score (nSPS) is 14.8. The Morgan fingerprint density at radius 3 is 2.67 bits per heavy atom. The Kier molecular flexibility index (Phi) is 6.33. The Morgan fingerprint density at radius 2 is 2.11 bits per heavy atom. The van der Waals surface area contributed by atoms with Crippen molar-refractivity contribution in [3.8, 4) is 0 Å². The molecule has 0 aliphatic rings. The summed E-state index contributed by atoms with van der Waals surface area (Å²) in [4.78, 5) is 2.25. The molecule has 2 unspecified atom stereocenters. The molecule has 0 heterocycles. The van der Waals surface area contributed by atoms with E-state index in [0.29, 0.717) is 0 Å². The van der Waals surface area contributed by atoms with Crippen molar-refractivity contribution in [1.29, 1.82) is 0 Å². The van der Waals surface area contributed by atoms with Crippen LogP contribution in [0, 0.1) is 6.92 Å². The van der Waals surface area contributed by atoms with Gasteiger partial charge in [0.1, 0.15) is 0 Å². The van der Waals surface area contributed by atoms with Crippen molar-refractivity contribution < 1.29 is 5.11 Å². The Labute approximate surface area is 111 Å². The molecule has 0 amide bonds. The highest BCUT2D eigenvalue weighted by Crippen LogP contribution is 2.24. The van der Waals surface area contributed by atoms with E-state index in [-0.39, 0.29) is 18.7 Å². The highest BCUT2D eigenvalue weighted by molar-refractivity contribution is 5.26. The van der Waals surface area contributed by atoms with Crippen LogP contribution in [-0.2, 0) is 0 Å². The number of nitrogens with two attached hydrogens (primary N) is 1. The third kappa shape index (κ3) is 4.09. The quantitative estimate of drug-likeness (QED) is 0.779. The van der Waals surface area contributed by atoms with Gasteiger partial charge in [-0.2, -0.15) is 0 Å². The molecule has 0 radical (unpaired) electrons. The molecular formula is C15H26N2O. The van der Waals surface area contributed by atoms with Gasteiger partial charge in [-0.05, 0) is 32.4 Å². The van der Waals surface area contributed by atoms with E-state index in [1.807, 2.05) is 0 Å². The number of aliphatic hydroxyl groups excluding tert-OH is 1. The lowest BCUT2D eigenvalue weighted by molar-refractivity contribution is 0.185. The first-order valence-electron chi connectivity index (χ1n) is 6.73. The fraction of sp³-hybridized carbons (Fsp3) is 0.600. The monoisotopic (exact) mass is 250 g/mol. The summed E-state index contributed by atoms with van der Waals surface area (Å²) in [6, 6.07) is 8.88. The highest BCUT2D eigenvalue weighted by Gasteiger charge is 2.22. The summed E-state index contributed by atoms with van der Waals surface area (Å²) in [5, 5.41) is 8.95. The van der Waals surface area contributed by atoms with E-state index in [4.69, 9.17) is 10.8 Å². The van der Waals surface area contributed by atoms with E-state index in [1.54, 1.807) is 0 Å². The minimum absolute atomic E-state index is 0.121. The Hall–Kier alpha value is -0.900. The highest BCUT2D eigenvalue weighted by atomic mass is 16.3. The first kappa shape index (κ1) is 15.2. The van der Waals surface area contributed by atoms with Crippen LogP contribution in [0.15, 0.2) is 24.3 Å². The topological polar surface area (TPSA) is 49.5 Å². The predicted octanol–water partition coefficient (Wildman–Crippen LogP) is 2.09. The minimum Gasteiger partial charge on any atom is -0.396 e. The summed E-state index contributed by atoms with van der Waals surface area (Å²) in [6.07, 6.45) is 1.73. The van der Waals surface area contributed by atoms with Crippen LogP contribution in [0.4, 0.5) is 0 Å². The first-order chi connectivity index (χ1) is 8.60. The summed E-state index contributed by atoms with van der Waals surface area (Å²) in [5.74, 6) is 0. The summed E-state index contributed by atoms with van der Waals surface area (Å²) in [5.41, 5.74) is 8.80. The molecule has 0 aliphatic carbocycles. The van der Waals surface area contributed by atoms with Crippen LogP contribution in [0.25, 0.3) is 0 Å². The van der Waals surface area contributed by atoms with Gasteiger partial charge in [0.25, 0.3) is 0 Å². The average Bonchev–Trinajstić information content (AvgIpc) is 2.36. The molecule has 18 heavy (non-hydrogen) atoms. The van der Waals surface area contributed by atoms with Gasteiger partial charge < -0.3 is 10.8 Å². The van der Waals surface area contributed by atoms with Crippen LogP contribution >= 0.6 is 0 Å². The minimum atomic E-state index is 0.121. The lowest BCUT2D eigenvalue weighted by Crippen LogP contribution is -2.39. The fourth-order valence-corrected chi connectivity index (χ4v) is 2.37. The number of likely N-dealkylation sites (N-methyl/N-ethyl adjacent to an activating group) is 1. The third-order valence-electron chi connectivity index (χ3n) is 3.40. The van der Waals surface area contributed by atoms with Crippen LogP contribution < -0.4 is 5.73 Å². The lowest BCUT2D eigenvalue weighted by Gasteiger charge is -2.33. The SMILES string of the molecule is CCC(N)C(c1cccc(C)c1)N(C)CCCO. The van der Waals surface area contributed by atoms with Gasteiger partial charge in [0.05, 0.1) is 0 Å². The smallest absolute Gasteiger partial charge is 0.0496 e. The molecule has 0 aliphatic heterocycles. The zero-order chi connectivity index (χ0) is 13.5. The van der Waals surface area contributed by atoms with E-state index in [2.05, 4.69) is 50.1 Å². The molecule has 0 spiro atoms. The summed E-state index contributed by atoms with van der Waals surface area (Å²) >= 11 is 0. The summed E-state index contributed by atoms with van der Waals surface area (Å²) < 4.78 is 0. The molecule has 0 saturated heterocycles. The number of nitrogens with zero attached hydrogens (tertiary/aromatic N) is 1. The summed E-state index contributed by atoms with van der Waals surface area (Å²) in [7, 11) is 2.08. The number of aryl methyl sites for hydroxylation is 1. The summed E-state index contributed by atoms with van der Waals surface area (Å²) in [6.45, 7) is 5.31. The number of benzene rings is 1. The van der Waals surface area contributed by atoms with Crippen molar-refractivity contribution in [3.63, 3.8) is 0 Å². The molecule has 2 atom stereocenters. The van der Waals surface area contributed by atoms with Gasteiger partial charge >= 0.3 is 0 Å². The Balaban J connectivity index is 2.90. The van der Waals surface area contributed by atoms with Crippen LogP contribution in [0.2, 0.25) is 0 Å². The van der Waals surface area contributed by atoms with E-state index in [0.717, 1.165) is 19.4 Å². The van der Waals surface area contributed by atoms with Gasteiger partial charge in [-0.1, -0.05) is 36.8 Å². The maximum atomic E-state index is 8.95. The zero-order valence-electron chi connectivity index (χ0n) is 11.8. The van der Waals surface area contributed by atoms with Gasteiger partial charge in [-0.15, -0.1) is 0 Å². The van der Waals surface area contributed by atoms with Crippen molar-refractivity contribution in [3.05, 3.63) is 35.4 Å². The average molecular weight is 250 g/mol. The van der Waals surface area contributed by atoms with E-state index >= 15 is 0 Å². The van der Waals surface area contributed by atoms with Crippen molar-refractivity contribution >= 4 is 0 Å². The second-order valence-electron chi connectivity index (χ2n) is 4.99. The Bertz CT molecular complexity index is 354. The van der Waals surface area contributed by atoms with Gasteiger partial charge in [0.2, 0.25) is 0 Å². The Morgan fingerprint density at radius 1 is 1.39 bits per heavy atom. The number of hydrogen-bond acceptors (Lipinski definition) is 3. The molecule has 1 aromatic rings. The maximum Gasteiger partial charge on any atom is 0.0496 e. The van der Waals surface area contributed by atoms with Crippen molar-refractivity contribution in [2.75, 3.05) is 20.2 Å². The van der Waals surface area contributed by atoms with Crippen LogP contribution in [-0.4, -0.2) is 36.2 Å². The van der Waals surface area contributed by atoms with Crippen molar-refractivity contribution in [2.45, 2.75) is 38.8 Å². The van der Waals surface area contributed by atoms with E-state index < -0.39 is 0 Å². The largest absolute Gasteiger partial charge is 0.396 e. The predicted molar refractivity (Wildman–Crippen MR) is 76.5 cm³/mol. The molecule has 102 valence electrons. The zero-order valence-corrected chi connectivity index (χ0v) is 11.8. The van der Waals surface area contributed by atoms with Crippen LogP contribution in [0.5, 0.6) is 0 Å². The van der Waals surface area contributed by atoms with Crippen molar-refractivity contribution in [2.24, 2.45) is 5.73 Å². The lowest BCUT2D eigenvalue weighted by atomic mass is 9.95. The molecule has 3 nitrogen and oxygen atoms in total. The molecule has 3 heteroatoms. The van der Waals surface area contributed by atoms with Crippen LogP contribution in [0.3, 0.4) is 0 Å². The second-order valence-corrected chi connectivity index (χ2v) is 4.99. The van der Waals surface area contributed by atoms with E-state index in [9.17, 15) is 0 Å². The van der Waals surface area contributed by atoms with Crippen LogP contribution in [0.1, 0.15) is 36.9 Å². The third-order valence-corrected chi connectivity index (χ3v) is 3.40. The number of rotatable bonds is 7. The number of hydrogen-bond donors (Lipinski definition) is 2. The van der Waals surface area contributed by atoms with E-state index in [1.165, 1.54) is 11.1 Å².